The maximum Gasteiger partial charge on any atom is 0.293 e. The zero-order valence-electron chi connectivity index (χ0n) is 12.4. The Balaban J connectivity index is 2.21. The van der Waals surface area contributed by atoms with Crippen molar-refractivity contribution >= 4 is 5.82 Å². The molecule has 0 aliphatic carbocycles. The highest BCUT2D eigenvalue weighted by molar-refractivity contribution is 5.37. The quantitative estimate of drug-likeness (QED) is 0.938. The van der Waals surface area contributed by atoms with Crippen molar-refractivity contribution in [3.63, 3.8) is 0 Å². The van der Waals surface area contributed by atoms with Crippen molar-refractivity contribution in [2.24, 2.45) is 0 Å². The largest absolute Gasteiger partial charge is 0.361 e. The van der Waals surface area contributed by atoms with Gasteiger partial charge < -0.3 is 9.88 Å². The van der Waals surface area contributed by atoms with Gasteiger partial charge in [-0.1, -0.05) is 12.1 Å². The Morgan fingerprint density at radius 2 is 2.14 bits per heavy atom. The average molecular weight is 282 g/mol. The van der Waals surface area contributed by atoms with Gasteiger partial charge in [0.2, 0.25) is 0 Å². The van der Waals surface area contributed by atoms with Crippen molar-refractivity contribution in [3.05, 3.63) is 58.1 Å². The molecule has 0 saturated heterocycles. The van der Waals surface area contributed by atoms with E-state index in [9.17, 15) is 4.79 Å². The molecule has 0 atom stereocenters. The maximum atomic E-state index is 12.3. The van der Waals surface area contributed by atoms with Gasteiger partial charge in [0.15, 0.2) is 5.82 Å². The molecule has 1 aromatic heterocycles. The van der Waals surface area contributed by atoms with Crippen LogP contribution in [0.15, 0.2) is 41.5 Å². The maximum absolute atomic E-state index is 12.3. The van der Waals surface area contributed by atoms with E-state index in [0.717, 1.165) is 5.56 Å². The van der Waals surface area contributed by atoms with Gasteiger partial charge >= 0.3 is 0 Å². The van der Waals surface area contributed by atoms with Crippen LogP contribution in [0.4, 0.5) is 5.82 Å². The molecule has 5 nitrogen and oxygen atoms in total. The average Bonchev–Trinajstić information content (AvgIpc) is 2.45. The molecule has 0 saturated carbocycles. The molecule has 0 fully saturated rings. The Labute approximate surface area is 123 Å². The van der Waals surface area contributed by atoms with Crippen molar-refractivity contribution in [1.82, 2.24) is 9.55 Å². The van der Waals surface area contributed by atoms with Gasteiger partial charge in [0, 0.05) is 24.5 Å². The molecule has 0 aliphatic heterocycles. The van der Waals surface area contributed by atoms with Crippen LogP contribution >= 0.6 is 0 Å². The molecule has 0 bridgehead atoms. The Hall–Kier alpha value is -2.61. The minimum atomic E-state index is -0.294. The number of aromatic nitrogens is 2. The fourth-order valence-corrected chi connectivity index (χ4v) is 2.00. The van der Waals surface area contributed by atoms with E-state index < -0.39 is 0 Å². The van der Waals surface area contributed by atoms with E-state index in [-0.39, 0.29) is 11.1 Å². The topological polar surface area (TPSA) is 70.7 Å². The number of hydrogen-bond acceptors (Lipinski definition) is 4. The highest BCUT2D eigenvalue weighted by Gasteiger charge is 2.16. The summed E-state index contributed by atoms with van der Waals surface area (Å²) in [7, 11) is 0. The highest BCUT2D eigenvalue weighted by atomic mass is 16.1. The third-order valence-electron chi connectivity index (χ3n) is 3.08. The van der Waals surface area contributed by atoms with Crippen molar-refractivity contribution in [1.29, 1.82) is 5.26 Å². The summed E-state index contributed by atoms with van der Waals surface area (Å²) in [6, 6.07) is 9.36. The highest BCUT2D eigenvalue weighted by Crippen LogP contribution is 2.11. The molecule has 0 unspecified atom stereocenters. The van der Waals surface area contributed by atoms with E-state index in [4.69, 9.17) is 5.26 Å². The zero-order chi connectivity index (χ0) is 15.5. The van der Waals surface area contributed by atoms with Crippen LogP contribution in [0.5, 0.6) is 0 Å². The minimum absolute atomic E-state index is 0.151. The van der Waals surface area contributed by atoms with Crippen molar-refractivity contribution in [3.8, 4) is 6.07 Å². The predicted octanol–water partition coefficient (Wildman–Crippen LogP) is 2.48. The summed E-state index contributed by atoms with van der Waals surface area (Å²) in [6.45, 7) is 6.35. The van der Waals surface area contributed by atoms with Gasteiger partial charge in [-0.25, -0.2) is 4.98 Å². The van der Waals surface area contributed by atoms with Gasteiger partial charge in [0.25, 0.3) is 5.56 Å². The lowest BCUT2D eigenvalue weighted by Crippen LogP contribution is -2.35. The van der Waals surface area contributed by atoms with Crippen LogP contribution in [0.2, 0.25) is 0 Å². The first kappa shape index (κ1) is 14.8. The monoisotopic (exact) mass is 282 g/mol. The first-order valence-electron chi connectivity index (χ1n) is 6.73. The van der Waals surface area contributed by atoms with E-state index in [2.05, 4.69) is 16.4 Å². The van der Waals surface area contributed by atoms with Crippen LogP contribution in [-0.4, -0.2) is 9.55 Å². The van der Waals surface area contributed by atoms with Gasteiger partial charge in [-0.15, -0.1) is 0 Å². The number of rotatable bonds is 3. The summed E-state index contributed by atoms with van der Waals surface area (Å²) in [5, 5.41) is 11.9. The van der Waals surface area contributed by atoms with Gasteiger partial charge in [-0.3, -0.25) is 4.79 Å². The van der Waals surface area contributed by atoms with E-state index in [1.165, 1.54) is 0 Å². The number of nitriles is 1. The predicted molar refractivity (Wildman–Crippen MR) is 82.0 cm³/mol. The summed E-state index contributed by atoms with van der Waals surface area (Å²) in [6.07, 6.45) is 3.30. The molecule has 1 heterocycles. The van der Waals surface area contributed by atoms with Crippen LogP contribution in [-0.2, 0) is 12.1 Å². The second kappa shape index (κ2) is 5.80. The number of benzene rings is 1. The van der Waals surface area contributed by atoms with E-state index in [1.807, 2.05) is 32.9 Å². The molecule has 0 amide bonds. The fourth-order valence-electron chi connectivity index (χ4n) is 2.00. The summed E-state index contributed by atoms with van der Waals surface area (Å²) in [5.74, 6) is 0.315. The Morgan fingerprint density at radius 1 is 1.38 bits per heavy atom. The Kier molecular flexibility index (Phi) is 4.08. The fraction of sp³-hybridized carbons (Fsp3) is 0.312. The molecule has 2 aromatic rings. The molecule has 21 heavy (non-hydrogen) atoms. The molecular weight excluding hydrogens is 264 g/mol. The summed E-state index contributed by atoms with van der Waals surface area (Å²) in [5.41, 5.74) is 1.09. The molecule has 0 radical (unpaired) electrons. The third-order valence-corrected chi connectivity index (χ3v) is 3.08. The number of hydrogen-bond donors (Lipinski definition) is 1. The van der Waals surface area contributed by atoms with Gasteiger partial charge in [-0.2, -0.15) is 5.26 Å². The minimum Gasteiger partial charge on any atom is -0.361 e. The molecule has 2 rings (SSSR count). The number of anilines is 1. The number of nitrogens with one attached hydrogen (secondary N) is 1. The molecule has 0 aliphatic rings. The lowest BCUT2D eigenvalue weighted by atomic mass is 10.1. The second-order valence-corrected chi connectivity index (χ2v) is 5.79. The van der Waals surface area contributed by atoms with Gasteiger partial charge in [0.1, 0.15) is 0 Å². The Bertz CT molecular complexity index is 735. The summed E-state index contributed by atoms with van der Waals surface area (Å²) in [4.78, 5) is 16.4. The first-order valence-corrected chi connectivity index (χ1v) is 6.73. The van der Waals surface area contributed by atoms with Crippen LogP contribution in [0.25, 0.3) is 0 Å². The van der Waals surface area contributed by atoms with Gasteiger partial charge in [-0.05, 0) is 38.5 Å². The third kappa shape index (κ3) is 3.48. The van der Waals surface area contributed by atoms with Crippen molar-refractivity contribution in [2.45, 2.75) is 32.9 Å². The number of nitrogens with zero attached hydrogens (tertiary/aromatic N) is 3. The Morgan fingerprint density at radius 3 is 2.81 bits per heavy atom. The summed E-state index contributed by atoms with van der Waals surface area (Å²) >= 11 is 0. The molecule has 5 heteroatoms. The lowest BCUT2D eigenvalue weighted by molar-refractivity contribution is 0.383. The molecule has 108 valence electrons. The van der Waals surface area contributed by atoms with Gasteiger partial charge in [0.05, 0.1) is 11.6 Å². The van der Waals surface area contributed by atoms with Crippen LogP contribution in [0.3, 0.4) is 0 Å². The molecule has 1 aromatic carbocycles. The lowest BCUT2D eigenvalue weighted by Gasteiger charge is -2.22. The van der Waals surface area contributed by atoms with Crippen molar-refractivity contribution in [2.75, 3.05) is 5.32 Å². The van der Waals surface area contributed by atoms with E-state index in [1.54, 1.807) is 29.1 Å². The second-order valence-electron chi connectivity index (χ2n) is 5.79. The zero-order valence-corrected chi connectivity index (χ0v) is 12.4. The molecule has 1 N–H and O–H groups in total. The van der Waals surface area contributed by atoms with Crippen LogP contribution in [0, 0.1) is 11.3 Å². The van der Waals surface area contributed by atoms with Crippen LogP contribution < -0.4 is 10.9 Å². The summed E-state index contributed by atoms with van der Waals surface area (Å²) < 4.78 is 1.65. The smallest absolute Gasteiger partial charge is 0.293 e. The van der Waals surface area contributed by atoms with E-state index >= 15 is 0 Å². The standard InChI is InChI=1S/C16H18N4O/c1-16(2,3)20-8-7-18-14(15(20)21)19-11-13-6-4-5-12(9-13)10-17/h4-9H,11H2,1-3H3,(H,18,19). The normalized spacial score (nSPS) is 11.0. The first-order chi connectivity index (χ1) is 9.91. The van der Waals surface area contributed by atoms with Crippen LogP contribution in [0.1, 0.15) is 31.9 Å². The van der Waals surface area contributed by atoms with E-state index in [0.29, 0.717) is 17.9 Å². The SMILES string of the molecule is CC(C)(C)n1ccnc(NCc2cccc(C#N)c2)c1=O. The van der Waals surface area contributed by atoms with Crippen molar-refractivity contribution < 1.29 is 0 Å². The molecular formula is C16H18N4O. The molecule has 0 spiro atoms.